The second-order valence-corrected chi connectivity index (χ2v) is 18.1. The molecule has 3 aromatic carbocycles. The Morgan fingerprint density at radius 2 is 1.67 bits per heavy atom. The smallest absolute Gasteiger partial charge is 0.410 e. The second kappa shape index (κ2) is 22.6. The maximum atomic E-state index is 16.0. The Hall–Kier alpha value is -6.76. The normalized spacial score (nSPS) is 16.1. The van der Waals surface area contributed by atoms with Crippen molar-refractivity contribution in [2.24, 2.45) is 17.3 Å². The van der Waals surface area contributed by atoms with Gasteiger partial charge < -0.3 is 45.5 Å². The number of halogens is 3. The minimum absolute atomic E-state index is 0.0925. The van der Waals surface area contributed by atoms with E-state index in [0.717, 1.165) is 5.56 Å². The number of hydrogen-bond donors (Lipinski definition) is 5. The standard InChI is InChI=1S/C48H59F3N8O8/c1-28(2)42(56-40(62)19-52-27-60)45(64)53-20-41(63)54-35-14-12-31(13-15-35)26-67-47(66)58-22-33(38(51)24-58)23-59(46(65)30(4)61)43(48(5,6)7)44-55-39(36-17-29(3)11-16-37(36)50)25-57(44)21-32-9-8-10-34(49)18-32/h8-18,25,27-28,30,33,38,42-43,61H,19-24,26H2,1-7H3,(H,52,60)(H,53,64)(H,54,63)(H,56,62)/t30-,33?,38?,42?,43?/m0/s1. The van der Waals surface area contributed by atoms with Gasteiger partial charge in [0.1, 0.15) is 42.4 Å². The third-order valence-corrected chi connectivity index (χ3v) is 11.1. The van der Waals surface area contributed by atoms with E-state index >= 15 is 8.78 Å². The zero-order valence-corrected chi connectivity index (χ0v) is 38.6. The molecule has 2 heterocycles. The number of benzene rings is 3. The highest BCUT2D eigenvalue weighted by Gasteiger charge is 2.44. The van der Waals surface area contributed by atoms with Crippen molar-refractivity contribution >= 4 is 41.8 Å². The molecule has 4 aromatic rings. The number of aryl methyl sites for hydroxylation is 1. The van der Waals surface area contributed by atoms with Gasteiger partial charge in [0.2, 0.25) is 24.1 Å². The van der Waals surface area contributed by atoms with Crippen molar-refractivity contribution in [1.29, 1.82) is 0 Å². The van der Waals surface area contributed by atoms with Gasteiger partial charge >= 0.3 is 6.09 Å². The van der Waals surface area contributed by atoms with Crippen molar-refractivity contribution in [2.45, 2.75) is 86.0 Å². The number of aliphatic hydroxyl groups excluding tert-OH is 1. The summed E-state index contributed by atoms with van der Waals surface area (Å²) in [7, 11) is 0. The van der Waals surface area contributed by atoms with Gasteiger partial charge in [-0.1, -0.05) is 70.5 Å². The molecule has 1 fully saturated rings. The molecule has 360 valence electrons. The van der Waals surface area contributed by atoms with Gasteiger partial charge in [0, 0.05) is 43.0 Å². The third kappa shape index (κ3) is 13.9. The number of carbonyl (C=O) groups excluding carboxylic acids is 6. The maximum absolute atomic E-state index is 16.0. The first kappa shape index (κ1) is 51.2. The van der Waals surface area contributed by atoms with Gasteiger partial charge in [-0.05, 0) is 72.7 Å². The Bertz CT molecular complexity index is 2400. The van der Waals surface area contributed by atoms with Crippen LogP contribution in [-0.2, 0) is 41.9 Å². The van der Waals surface area contributed by atoms with Gasteiger partial charge in [0.15, 0.2) is 0 Å². The van der Waals surface area contributed by atoms with Crippen molar-refractivity contribution < 1.29 is 51.8 Å². The highest BCUT2D eigenvalue weighted by molar-refractivity contribution is 5.96. The van der Waals surface area contributed by atoms with Gasteiger partial charge in [-0.15, -0.1) is 0 Å². The van der Waals surface area contributed by atoms with Crippen LogP contribution in [-0.4, -0.2) is 112 Å². The van der Waals surface area contributed by atoms with E-state index in [1.807, 2.05) is 27.7 Å². The minimum Gasteiger partial charge on any atom is -0.445 e. The van der Waals surface area contributed by atoms with Crippen LogP contribution in [0.15, 0.2) is 72.9 Å². The molecule has 0 aliphatic carbocycles. The molecule has 5 atom stereocenters. The Morgan fingerprint density at radius 3 is 2.31 bits per heavy atom. The molecule has 4 unspecified atom stereocenters. The maximum Gasteiger partial charge on any atom is 0.410 e. The van der Waals surface area contributed by atoms with Crippen LogP contribution in [0.5, 0.6) is 0 Å². The molecule has 1 aromatic heterocycles. The van der Waals surface area contributed by atoms with Crippen molar-refractivity contribution in [3.63, 3.8) is 0 Å². The highest BCUT2D eigenvalue weighted by atomic mass is 19.1. The molecule has 5 N–H and O–H groups in total. The molecule has 1 aliphatic heterocycles. The number of imidazole rings is 1. The molecular formula is C48H59F3N8O8. The first-order valence-corrected chi connectivity index (χ1v) is 21.9. The van der Waals surface area contributed by atoms with Crippen molar-refractivity contribution in [3.8, 4) is 11.3 Å². The Balaban J connectivity index is 1.26. The van der Waals surface area contributed by atoms with Crippen molar-refractivity contribution in [1.82, 2.24) is 35.3 Å². The zero-order valence-electron chi connectivity index (χ0n) is 38.6. The Kier molecular flexibility index (Phi) is 17.3. The van der Waals surface area contributed by atoms with Crippen LogP contribution in [0.3, 0.4) is 0 Å². The van der Waals surface area contributed by atoms with E-state index in [-0.39, 0.29) is 56.5 Å². The lowest BCUT2D eigenvalue weighted by atomic mass is 9.84. The summed E-state index contributed by atoms with van der Waals surface area (Å²) in [5.74, 6) is -4.32. The van der Waals surface area contributed by atoms with Gasteiger partial charge in [-0.2, -0.15) is 0 Å². The number of nitrogens with zero attached hydrogens (tertiary/aromatic N) is 4. The van der Waals surface area contributed by atoms with Crippen LogP contribution < -0.4 is 21.3 Å². The van der Waals surface area contributed by atoms with Crippen LogP contribution >= 0.6 is 0 Å². The molecule has 5 rings (SSSR count). The van der Waals surface area contributed by atoms with Gasteiger partial charge in [0.25, 0.3) is 5.91 Å². The van der Waals surface area contributed by atoms with Crippen molar-refractivity contribution in [3.05, 3.63) is 107 Å². The average Bonchev–Trinajstić information content (AvgIpc) is 3.85. The van der Waals surface area contributed by atoms with Crippen LogP contribution in [0.25, 0.3) is 11.3 Å². The zero-order chi connectivity index (χ0) is 49.2. The quantitative estimate of drug-likeness (QED) is 0.0800. The van der Waals surface area contributed by atoms with Crippen LogP contribution in [0.1, 0.15) is 70.1 Å². The summed E-state index contributed by atoms with van der Waals surface area (Å²) < 4.78 is 53.0. The summed E-state index contributed by atoms with van der Waals surface area (Å²) >= 11 is 0. The number of alkyl halides is 1. The number of anilines is 1. The molecule has 0 spiro atoms. The lowest BCUT2D eigenvalue weighted by Crippen LogP contribution is -2.52. The second-order valence-electron chi connectivity index (χ2n) is 18.1. The Labute approximate surface area is 387 Å². The van der Waals surface area contributed by atoms with Crippen LogP contribution in [0, 0.1) is 35.8 Å². The number of aliphatic hydroxyl groups is 1. The van der Waals surface area contributed by atoms with E-state index in [9.17, 15) is 38.3 Å². The first-order chi connectivity index (χ1) is 31.6. The largest absolute Gasteiger partial charge is 0.445 e. The van der Waals surface area contributed by atoms with E-state index in [1.54, 1.807) is 73.1 Å². The van der Waals surface area contributed by atoms with Crippen molar-refractivity contribution in [2.75, 3.05) is 38.0 Å². The summed E-state index contributed by atoms with van der Waals surface area (Å²) in [5, 5.41) is 20.6. The predicted molar refractivity (Wildman–Crippen MR) is 243 cm³/mol. The number of hydrogen-bond acceptors (Lipinski definition) is 9. The summed E-state index contributed by atoms with van der Waals surface area (Å²) in [6, 6.07) is 15.0. The fraction of sp³-hybridized carbons (Fsp3) is 0.438. The van der Waals surface area contributed by atoms with E-state index < -0.39 is 83.6 Å². The molecule has 16 nitrogen and oxygen atoms in total. The molecule has 67 heavy (non-hydrogen) atoms. The lowest BCUT2D eigenvalue weighted by molar-refractivity contribution is -0.146. The molecule has 0 bridgehead atoms. The molecule has 6 amide bonds. The number of aromatic nitrogens is 2. The number of nitrogens with one attached hydrogen (secondary N) is 4. The lowest BCUT2D eigenvalue weighted by Gasteiger charge is -2.41. The first-order valence-electron chi connectivity index (χ1n) is 21.9. The minimum atomic E-state index is -1.59. The van der Waals surface area contributed by atoms with E-state index in [0.29, 0.717) is 29.0 Å². The van der Waals surface area contributed by atoms with E-state index in [1.165, 1.54) is 34.9 Å². The molecule has 1 aliphatic rings. The predicted octanol–water partition coefficient (Wildman–Crippen LogP) is 5.03. The number of rotatable bonds is 19. The fourth-order valence-corrected chi connectivity index (χ4v) is 7.83. The number of ether oxygens (including phenoxy) is 1. The number of carbonyl (C=O) groups is 6. The summed E-state index contributed by atoms with van der Waals surface area (Å²) in [5.41, 5.74) is 1.93. The highest BCUT2D eigenvalue weighted by Crippen LogP contribution is 2.41. The molecular weight excluding hydrogens is 874 g/mol. The monoisotopic (exact) mass is 932 g/mol. The fourth-order valence-electron chi connectivity index (χ4n) is 7.83. The molecule has 19 heteroatoms. The molecule has 1 saturated heterocycles. The summed E-state index contributed by atoms with van der Waals surface area (Å²) in [6.45, 7) is 10.6. The Morgan fingerprint density at radius 1 is 0.955 bits per heavy atom. The van der Waals surface area contributed by atoms with E-state index in [4.69, 9.17) is 9.72 Å². The van der Waals surface area contributed by atoms with E-state index in [2.05, 4.69) is 21.3 Å². The van der Waals surface area contributed by atoms with Gasteiger partial charge in [0.05, 0.1) is 31.4 Å². The van der Waals surface area contributed by atoms with Crippen LogP contribution in [0.2, 0.25) is 0 Å². The number of amides is 6. The summed E-state index contributed by atoms with van der Waals surface area (Å²) in [6.07, 6.45) is -1.90. The van der Waals surface area contributed by atoms with Crippen LogP contribution in [0.4, 0.5) is 23.7 Å². The summed E-state index contributed by atoms with van der Waals surface area (Å²) in [4.78, 5) is 82.6. The third-order valence-electron chi connectivity index (χ3n) is 11.1. The topological polar surface area (TPSA) is 204 Å². The molecule has 0 saturated carbocycles. The van der Waals surface area contributed by atoms with Gasteiger partial charge in [-0.25, -0.2) is 22.9 Å². The molecule has 0 radical (unpaired) electrons. The SMILES string of the molecule is Cc1ccc(F)c(-c2cn(Cc3cccc(F)c3)c(C(N(CC3CN(C(=O)OCc4ccc(NC(=O)CNC(=O)C(NC(=O)CNC=O)C(C)C)cc4)CC3F)C(=O)[C@H](C)O)C(C)(C)C)n2)c1. The van der Waals surface area contributed by atoms with Gasteiger partial charge in [-0.3, -0.25) is 24.0 Å². The number of likely N-dealkylation sites (tertiary alicyclic amines) is 1. The average molecular weight is 933 g/mol.